The molecule has 0 aromatic rings. The highest BCUT2D eigenvalue weighted by Crippen LogP contribution is 2.26. The zero-order valence-electron chi connectivity index (χ0n) is 15.6. The zero-order valence-corrected chi connectivity index (χ0v) is 15.6. The van der Waals surface area contributed by atoms with Gasteiger partial charge in [-0.1, -0.05) is 25.7 Å². The molecule has 3 aliphatic rings. The lowest BCUT2D eigenvalue weighted by Gasteiger charge is -2.34. The minimum absolute atomic E-state index is 0.0478. The molecule has 1 saturated heterocycles. The molecule has 2 aliphatic carbocycles. The van der Waals surface area contributed by atoms with Crippen molar-refractivity contribution in [2.24, 2.45) is 0 Å². The summed E-state index contributed by atoms with van der Waals surface area (Å²) in [6.07, 6.45) is 8.06. The maximum absolute atomic E-state index is 12.5. The maximum Gasteiger partial charge on any atom is 0.235 e. The van der Waals surface area contributed by atoms with Crippen LogP contribution in [-0.2, 0) is 9.59 Å². The van der Waals surface area contributed by atoms with Gasteiger partial charge in [0.15, 0.2) is 0 Å². The fourth-order valence-corrected chi connectivity index (χ4v) is 3.92. The van der Waals surface area contributed by atoms with Gasteiger partial charge in [0, 0.05) is 32.2 Å². The fraction of sp³-hybridized carbons (Fsp3) is 0.842. The Morgan fingerprint density at radius 2 is 1.46 bits per heavy atom. The summed E-state index contributed by atoms with van der Waals surface area (Å²) >= 11 is 0. The van der Waals surface area contributed by atoms with E-state index in [1.807, 2.05) is 0 Å². The zero-order chi connectivity index (χ0) is 18.4. The molecule has 3 rings (SSSR count). The van der Waals surface area contributed by atoms with Crippen molar-refractivity contribution in [3.63, 3.8) is 0 Å². The van der Waals surface area contributed by atoms with Crippen LogP contribution in [0.5, 0.6) is 0 Å². The molecule has 7 nitrogen and oxygen atoms in total. The van der Waals surface area contributed by atoms with Crippen molar-refractivity contribution in [1.29, 1.82) is 5.26 Å². The summed E-state index contributed by atoms with van der Waals surface area (Å²) in [5, 5.41) is 15.6. The molecule has 2 amide bonds. The van der Waals surface area contributed by atoms with Crippen LogP contribution in [0.2, 0.25) is 0 Å². The molecule has 0 spiro atoms. The van der Waals surface area contributed by atoms with Gasteiger partial charge in [0.25, 0.3) is 0 Å². The molecule has 2 saturated carbocycles. The Kier molecular flexibility index (Phi) is 6.49. The number of hydrogen-bond donors (Lipinski definition) is 2. The predicted octanol–water partition coefficient (Wildman–Crippen LogP) is 0.615. The summed E-state index contributed by atoms with van der Waals surface area (Å²) in [6, 6.07) is 2.78. The summed E-state index contributed by atoms with van der Waals surface area (Å²) in [7, 11) is 0. The van der Waals surface area contributed by atoms with Crippen molar-refractivity contribution >= 4 is 11.8 Å². The highest BCUT2D eigenvalue weighted by molar-refractivity contribution is 5.79. The minimum Gasteiger partial charge on any atom is -0.352 e. The van der Waals surface area contributed by atoms with Crippen molar-refractivity contribution in [2.45, 2.75) is 62.9 Å². The third-order valence-electron chi connectivity index (χ3n) is 5.69. The standard InChI is InChI=1S/C19H31N5O2/c20-15-19(7-3-1-2-4-8-19)22-18(26)14-24-11-9-23(10-12-24)13-17(25)21-16-5-6-16/h16H,1-14H2,(H,21,25)(H,22,26). The van der Waals surface area contributed by atoms with Crippen molar-refractivity contribution < 1.29 is 9.59 Å². The van der Waals surface area contributed by atoms with Gasteiger partial charge in [-0.2, -0.15) is 5.26 Å². The van der Waals surface area contributed by atoms with E-state index in [1.54, 1.807) is 0 Å². The lowest BCUT2D eigenvalue weighted by molar-refractivity contribution is -0.126. The summed E-state index contributed by atoms with van der Waals surface area (Å²) in [4.78, 5) is 28.6. The van der Waals surface area contributed by atoms with E-state index < -0.39 is 5.54 Å². The molecule has 144 valence electrons. The Morgan fingerprint density at radius 1 is 0.923 bits per heavy atom. The van der Waals surface area contributed by atoms with Gasteiger partial charge in [0.05, 0.1) is 19.2 Å². The first kappa shape index (κ1) is 19.1. The summed E-state index contributed by atoms with van der Waals surface area (Å²) in [6.45, 7) is 3.95. The lowest BCUT2D eigenvalue weighted by Crippen LogP contribution is -2.54. The first-order valence-corrected chi connectivity index (χ1v) is 10.0. The molecule has 0 aromatic heterocycles. The average Bonchev–Trinajstić information content (AvgIpc) is 3.44. The molecule has 3 fully saturated rings. The van der Waals surface area contributed by atoms with E-state index in [0.717, 1.165) is 77.5 Å². The molecule has 1 heterocycles. The van der Waals surface area contributed by atoms with Gasteiger partial charge in [-0.05, 0) is 25.7 Å². The number of nitrogens with zero attached hydrogens (tertiary/aromatic N) is 3. The number of carbonyl (C=O) groups excluding carboxylic acids is 2. The first-order valence-electron chi connectivity index (χ1n) is 10.0. The van der Waals surface area contributed by atoms with E-state index in [-0.39, 0.29) is 11.8 Å². The van der Waals surface area contributed by atoms with Crippen molar-refractivity contribution in [2.75, 3.05) is 39.3 Å². The number of nitriles is 1. The van der Waals surface area contributed by atoms with Crippen LogP contribution in [0.15, 0.2) is 0 Å². The summed E-state index contributed by atoms with van der Waals surface area (Å²) in [5.41, 5.74) is -0.670. The molecule has 1 aliphatic heterocycles. The molecule has 0 aromatic carbocycles. The van der Waals surface area contributed by atoms with E-state index in [0.29, 0.717) is 19.1 Å². The van der Waals surface area contributed by atoms with Gasteiger partial charge in [-0.25, -0.2) is 0 Å². The second-order valence-electron chi connectivity index (χ2n) is 8.05. The van der Waals surface area contributed by atoms with Crippen LogP contribution < -0.4 is 10.6 Å². The number of amides is 2. The molecule has 2 N–H and O–H groups in total. The first-order chi connectivity index (χ1) is 12.6. The van der Waals surface area contributed by atoms with Gasteiger partial charge in [0.2, 0.25) is 11.8 Å². The molecule has 26 heavy (non-hydrogen) atoms. The Balaban J connectivity index is 1.38. The van der Waals surface area contributed by atoms with Crippen LogP contribution in [0, 0.1) is 11.3 Å². The lowest BCUT2D eigenvalue weighted by atomic mass is 9.92. The van der Waals surface area contributed by atoms with Crippen molar-refractivity contribution in [3.8, 4) is 6.07 Å². The Bertz CT molecular complexity index is 539. The number of rotatable bonds is 6. The molecule has 0 atom stereocenters. The predicted molar refractivity (Wildman–Crippen MR) is 98.2 cm³/mol. The third kappa shape index (κ3) is 5.68. The van der Waals surface area contributed by atoms with E-state index in [1.165, 1.54) is 0 Å². The van der Waals surface area contributed by atoms with Gasteiger partial charge in [-0.3, -0.25) is 19.4 Å². The molecule has 0 unspecified atom stereocenters. The topological polar surface area (TPSA) is 88.5 Å². The Labute approximate surface area is 156 Å². The normalized spacial score (nSPS) is 24.3. The summed E-state index contributed by atoms with van der Waals surface area (Å²) in [5.74, 6) is 0.0661. The Morgan fingerprint density at radius 3 is 1.96 bits per heavy atom. The van der Waals surface area contributed by atoms with E-state index in [2.05, 4.69) is 26.5 Å². The maximum atomic E-state index is 12.5. The highest BCUT2D eigenvalue weighted by Gasteiger charge is 2.33. The molecule has 0 bridgehead atoms. The molecule has 7 heteroatoms. The van der Waals surface area contributed by atoms with Crippen LogP contribution in [0.4, 0.5) is 0 Å². The van der Waals surface area contributed by atoms with E-state index >= 15 is 0 Å². The van der Waals surface area contributed by atoms with Crippen LogP contribution in [0.25, 0.3) is 0 Å². The largest absolute Gasteiger partial charge is 0.352 e. The quantitative estimate of drug-likeness (QED) is 0.677. The molecule has 0 radical (unpaired) electrons. The number of piperazine rings is 1. The summed E-state index contributed by atoms with van der Waals surface area (Å²) < 4.78 is 0. The van der Waals surface area contributed by atoms with E-state index in [4.69, 9.17) is 0 Å². The fourth-order valence-electron chi connectivity index (χ4n) is 3.92. The second kappa shape index (κ2) is 8.83. The van der Waals surface area contributed by atoms with Gasteiger partial charge in [-0.15, -0.1) is 0 Å². The monoisotopic (exact) mass is 361 g/mol. The SMILES string of the molecule is N#CC1(NC(=O)CN2CCN(CC(=O)NC3CC3)CC2)CCCCCC1. The highest BCUT2D eigenvalue weighted by atomic mass is 16.2. The number of hydrogen-bond acceptors (Lipinski definition) is 5. The van der Waals surface area contributed by atoms with Gasteiger partial charge < -0.3 is 10.6 Å². The third-order valence-corrected chi connectivity index (χ3v) is 5.69. The smallest absolute Gasteiger partial charge is 0.235 e. The van der Waals surface area contributed by atoms with Crippen LogP contribution in [0.3, 0.4) is 0 Å². The van der Waals surface area contributed by atoms with Gasteiger partial charge in [0.1, 0.15) is 5.54 Å². The van der Waals surface area contributed by atoms with Gasteiger partial charge >= 0.3 is 0 Å². The molecular weight excluding hydrogens is 330 g/mol. The van der Waals surface area contributed by atoms with E-state index in [9.17, 15) is 14.9 Å². The second-order valence-corrected chi connectivity index (χ2v) is 8.05. The van der Waals surface area contributed by atoms with Crippen LogP contribution in [0.1, 0.15) is 51.4 Å². The minimum atomic E-state index is -0.670. The average molecular weight is 361 g/mol. The number of nitrogens with one attached hydrogen (secondary N) is 2. The van der Waals surface area contributed by atoms with Crippen LogP contribution >= 0.6 is 0 Å². The number of carbonyl (C=O) groups is 2. The molecular formula is C19H31N5O2. The Hall–Kier alpha value is -1.65. The van der Waals surface area contributed by atoms with Crippen LogP contribution in [-0.4, -0.2) is 72.5 Å². The van der Waals surface area contributed by atoms with Crippen molar-refractivity contribution in [3.05, 3.63) is 0 Å². The van der Waals surface area contributed by atoms with Crippen molar-refractivity contribution in [1.82, 2.24) is 20.4 Å².